The zero-order valence-corrected chi connectivity index (χ0v) is 16.2. The zero-order chi connectivity index (χ0) is 18.9. The van der Waals surface area contributed by atoms with Gasteiger partial charge in [0, 0.05) is 37.8 Å². The third kappa shape index (κ3) is 4.06. The summed E-state index contributed by atoms with van der Waals surface area (Å²) in [7, 11) is -1.03. The van der Waals surface area contributed by atoms with Gasteiger partial charge in [0.1, 0.15) is 5.82 Å². The fourth-order valence-electron chi connectivity index (χ4n) is 3.53. The second kappa shape index (κ2) is 7.44. The fourth-order valence-corrected chi connectivity index (χ4v) is 5.31. The first-order chi connectivity index (χ1) is 13.0. The van der Waals surface area contributed by atoms with Crippen LogP contribution in [0.5, 0.6) is 0 Å². The van der Waals surface area contributed by atoms with Crippen LogP contribution in [0.2, 0.25) is 0 Å². The SMILES string of the molecule is CN(c1cc(-c2ccccc2)nc(N2CCOCC2)n1)C1CCS(=O)(=O)C1. The lowest BCUT2D eigenvalue weighted by molar-refractivity contribution is 0.122. The Balaban J connectivity index is 1.71. The molecule has 7 nitrogen and oxygen atoms in total. The minimum Gasteiger partial charge on any atom is -0.378 e. The van der Waals surface area contributed by atoms with Crippen molar-refractivity contribution in [1.82, 2.24) is 9.97 Å². The Hall–Kier alpha value is -2.19. The van der Waals surface area contributed by atoms with Gasteiger partial charge in [0.2, 0.25) is 5.95 Å². The summed E-state index contributed by atoms with van der Waals surface area (Å²) in [5, 5.41) is 0. The van der Waals surface area contributed by atoms with Crippen molar-refractivity contribution in [2.45, 2.75) is 12.5 Å². The Morgan fingerprint density at radius 1 is 1.15 bits per heavy atom. The van der Waals surface area contributed by atoms with Crippen LogP contribution in [-0.4, -0.2) is 69.3 Å². The molecule has 0 bridgehead atoms. The van der Waals surface area contributed by atoms with Gasteiger partial charge in [-0.3, -0.25) is 0 Å². The second-order valence-electron chi connectivity index (χ2n) is 7.04. The van der Waals surface area contributed by atoms with Gasteiger partial charge in [0.25, 0.3) is 0 Å². The number of hydrogen-bond donors (Lipinski definition) is 0. The molecule has 0 radical (unpaired) electrons. The van der Waals surface area contributed by atoms with Gasteiger partial charge in [-0.05, 0) is 6.42 Å². The largest absolute Gasteiger partial charge is 0.378 e. The van der Waals surface area contributed by atoms with E-state index < -0.39 is 9.84 Å². The molecular weight excluding hydrogens is 364 g/mol. The standard InChI is InChI=1S/C19H24N4O3S/c1-22(16-7-12-27(24,25)14-16)18-13-17(15-5-3-2-4-6-15)20-19(21-18)23-8-10-26-11-9-23/h2-6,13,16H,7-12,14H2,1H3. The topological polar surface area (TPSA) is 75.6 Å². The number of rotatable bonds is 4. The lowest BCUT2D eigenvalue weighted by atomic mass is 10.1. The second-order valence-corrected chi connectivity index (χ2v) is 9.27. The molecule has 0 amide bonds. The number of hydrogen-bond acceptors (Lipinski definition) is 7. The van der Waals surface area contributed by atoms with Crippen molar-refractivity contribution in [3.8, 4) is 11.3 Å². The Labute approximate surface area is 159 Å². The van der Waals surface area contributed by atoms with Gasteiger partial charge in [0.05, 0.1) is 30.4 Å². The van der Waals surface area contributed by atoms with Crippen molar-refractivity contribution in [3.63, 3.8) is 0 Å². The van der Waals surface area contributed by atoms with Gasteiger partial charge in [0.15, 0.2) is 9.84 Å². The van der Waals surface area contributed by atoms with E-state index in [2.05, 4.69) is 4.90 Å². The molecule has 1 aromatic carbocycles. The summed E-state index contributed by atoms with van der Waals surface area (Å²) in [5.74, 6) is 1.85. The molecule has 0 N–H and O–H groups in total. The van der Waals surface area contributed by atoms with Crippen molar-refractivity contribution in [1.29, 1.82) is 0 Å². The summed E-state index contributed by atoms with van der Waals surface area (Å²) >= 11 is 0. The molecular formula is C19H24N4O3S. The molecule has 2 aliphatic heterocycles. The van der Waals surface area contributed by atoms with Gasteiger partial charge >= 0.3 is 0 Å². The average molecular weight is 388 g/mol. The number of benzene rings is 1. The highest BCUT2D eigenvalue weighted by atomic mass is 32.2. The Kier molecular flexibility index (Phi) is 5.01. The number of nitrogens with zero attached hydrogens (tertiary/aromatic N) is 4. The Bertz CT molecular complexity index is 898. The molecule has 0 spiro atoms. The fraction of sp³-hybridized carbons (Fsp3) is 0.474. The lowest BCUT2D eigenvalue weighted by Gasteiger charge is -2.30. The van der Waals surface area contributed by atoms with E-state index in [0.29, 0.717) is 25.6 Å². The molecule has 4 rings (SSSR count). The molecule has 0 aliphatic carbocycles. The highest BCUT2D eigenvalue weighted by molar-refractivity contribution is 7.91. The van der Waals surface area contributed by atoms with Crippen molar-refractivity contribution >= 4 is 21.6 Å². The monoisotopic (exact) mass is 388 g/mol. The maximum Gasteiger partial charge on any atom is 0.228 e. The van der Waals surface area contributed by atoms with Gasteiger partial charge in [-0.2, -0.15) is 4.98 Å². The quantitative estimate of drug-likeness (QED) is 0.787. The molecule has 0 saturated carbocycles. The first-order valence-corrected chi connectivity index (χ1v) is 11.0. The highest BCUT2D eigenvalue weighted by Crippen LogP contribution is 2.28. The van der Waals surface area contributed by atoms with E-state index in [9.17, 15) is 8.42 Å². The summed E-state index contributed by atoms with van der Waals surface area (Å²) in [4.78, 5) is 13.7. The molecule has 2 aromatic rings. The smallest absolute Gasteiger partial charge is 0.228 e. The lowest BCUT2D eigenvalue weighted by Crippen LogP contribution is -2.38. The molecule has 2 saturated heterocycles. The van der Waals surface area contributed by atoms with Crippen LogP contribution in [0.3, 0.4) is 0 Å². The van der Waals surface area contributed by atoms with Crippen LogP contribution in [0.25, 0.3) is 11.3 Å². The van der Waals surface area contributed by atoms with Crippen LogP contribution in [0, 0.1) is 0 Å². The van der Waals surface area contributed by atoms with E-state index in [1.807, 2.05) is 48.3 Å². The summed E-state index contributed by atoms with van der Waals surface area (Å²) in [6, 6.07) is 11.9. The molecule has 1 aromatic heterocycles. The third-order valence-electron chi connectivity index (χ3n) is 5.18. The van der Waals surface area contributed by atoms with Crippen LogP contribution in [-0.2, 0) is 14.6 Å². The van der Waals surface area contributed by atoms with Crippen molar-refractivity contribution < 1.29 is 13.2 Å². The van der Waals surface area contributed by atoms with Crippen LogP contribution in [0.15, 0.2) is 36.4 Å². The number of morpholine rings is 1. The van der Waals surface area contributed by atoms with Crippen molar-refractivity contribution in [2.24, 2.45) is 0 Å². The molecule has 2 fully saturated rings. The Morgan fingerprint density at radius 2 is 1.89 bits per heavy atom. The first kappa shape index (κ1) is 18.2. The average Bonchev–Trinajstić information content (AvgIpc) is 3.08. The minimum atomic E-state index is -2.95. The van der Waals surface area contributed by atoms with E-state index in [0.717, 1.165) is 30.2 Å². The minimum absolute atomic E-state index is 0.0499. The predicted octanol–water partition coefficient (Wildman–Crippen LogP) is 1.60. The van der Waals surface area contributed by atoms with E-state index in [-0.39, 0.29) is 17.5 Å². The van der Waals surface area contributed by atoms with Gasteiger partial charge in [-0.15, -0.1) is 0 Å². The summed E-state index contributed by atoms with van der Waals surface area (Å²) in [5.41, 5.74) is 1.86. The number of aromatic nitrogens is 2. The number of ether oxygens (including phenoxy) is 1. The molecule has 2 aliphatic rings. The summed E-state index contributed by atoms with van der Waals surface area (Å²) in [6.07, 6.45) is 0.635. The molecule has 3 heterocycles. The predicted molar refractivity (Wildman–Crippen MR) is 106 cm³/mol. The van der Waals surface area contributed by atoms with Crippen molar-refractivity contribution in [2.75, 3.05) is 54.7 Å². The number of sulfone groups is 1. The van der Waals surface area contributed by atoms with Gasteiger partial charge in [-0.25, -0.2) is 13.4 Å². The first-order valence-electron chi connectivity index (χ1n) is 9.22. The summed E-state index contributed by atoms with van der Waals surface area (Å²) in [6.45, 7) is 2.81. The van der Waals surface area contributed by atoms with Gasteiger partial charge < -0.3 is 14.5 Å². The maximum atomic E-state index is 11.9. The highest BCUT2D eigenvalue weighted by Gasteiger charge is 2.32. The van der Waals surface area contributed by atoms with E-state index in [1.165, 1.54) is 0 Å². The molecule has 144 valence electrons. The van der Waals surface area contributed by atoms with Crippen LogP contribution in [0.1, 0.15) is 6.42 Å². The van der Waals surface area contributed by atoms with Gasteiger partial charge in [-0.1, -0.05) is 30.3 Å². The molecule has 8 heteroatoms. The normalized spacial score (nSPS) is 22.0. The van der Waals surface area contributed by atoms with E-state index in [4.69, 9.17) is 14.7 Å². The molecule has 27 heavy (non-hydrogen) atoms. The van der Waals surface area contributed by atoms with Crippen LogP contribution < -0.4 is 9.80 Å². The summed E-state index contributed by atoms with van der Waals surface area (Å²) < 4.78 is 29.2. The molecule has 1 atom stereocenters. The Morgan fingerprint density at radius 3 is 2.56 bits per heavy atom. The molecule has 1 unspecified atom stereocenters. The zero-order valence-electron chi connectivity index (χ0n) is 15.4. The third-order valence-corrected chi connectivity index (χ3v) is 6.93. The number of anilines is 2. The van der Waals surface area contributed by atoms with E-state index >= 15 is 0 Å². The van der Waals surface area contributed by atoms with E-state index in [1.54, 1.807) is 0 Å². The van der Waals surface area contributed by atoms with Crippen LogP contribution in [0.4, 0.5) is 11.8 Å². The maximum absolute atomic E-state index is 11.9. The van der Waals surface area contributed by atoms with Crippen molar-refractivity contribution in [3.05, 3.63) is 36.4 Å². The van der Waals surface area contributed by atoms with Crippen LogP contribution >= 0.6 is 0 Å².